The highest BCUT2D eigenvalue weighted by molar-refractivity contribution is 7.92. The number of ketones is 1. The van der Waals surface area contributed by atoms with Crippen LogP contribution in [0.5, 0.6) is 0 Å². The first-order valence-corrected chi connectivity index (χ1v) is 10.8. The predicted octanol–water partition coefficient (Wildman–Crippen LogP) is 2.81. The molecule has 1 aromatic heterocycles. The molecule has 6 nitrogen and oxygen atoms in total. The summed E-state index contributed by atoms with van der Waals surface area (Å²) in [5.74, 6) is -0.829. The zero-order chi connectivity index (χ0) is 19.1. The fourth-order valence-electron chi connectivity index (χ4n) is 3.14. The van der Waals surface area contributed by atoms with Crippen molar-refractivity contribution in [2.24, 2.45) is 0 Å². The molecule has 1 aromatic carbocycles. The first kappa shape index (κ1) is 18.6. The molecule has 0 bridgehead atoms. The van der Waals surface area contributed by atoms with Gasteiger partial charge in [-0.25, -0.2) is 13.2 Å². The van der Waals surface area contributed by atoms with Crippen LogP contribution in [0.15, 0.2) is 29.6 Å². The lowest BCUT2D eigenvalue weighted by Gasteiger charge is -2.21. The Balaban J connectivity index is 1.73. The molecular formula is C18H19NO5S2. The summed E-state index contributed by atoms with van der Waals surface area (Å²) in [7, 11) is -3.37. The number of rotatable bonds is 5. The van der Waals surface area contributed by atoms with Crippen molar-refractivity contribution in [1.29, 1.82) is 0 Å². The lowest BCUT2D eigenvalue weighted by Crippen LogP contribution is -2.34. The summed E-state index contributed by atoms with van der Waals surface area (Å²) in [5, 5.41) is 1.79. The van der Waals surface area contributed by atoms with Gasteiger partial charge < -0.3 is 4.74 Å². The molecule has 1 atom stereocenters. The van der Waals surface area contributed by atoms with Crippen molar-refractivity contribution in [2.75, 3.05) is 17.2 Å². The first-order chi connectivity index (χ1) is 12.2. The van der Waals surface area contributed by atoms with Crippen LogP contribution in [-0.2, 0) is 21.2 Å². The van der Waals surface area contributed by atoms with E-state index in [4.69, 9.17) is 4.74 Å². The minimum atomic E-state index is -3.37. The van der Waals surface area contributed by atoms with Crippen LogP contribution in [0.25, 0.3) is 0 Å². The molecule has 3 rings (SSSR count). The van der Waals surface area contributed by atoms with Crippen LogP contribution in [0.4, 0.5) is 5.69 Å². The van der Waals surface area contributed by atoms with Crippen LogP contribution >= 0.6 is 11.3 Å². The minimum Gasteiger partial charge on any atom is -0.453 e. The van der Waals surface area contributed by atoms with Crippen LogP contribution in [0.1, 0.15) is 38.1 Å². The number of fused-ring (bicyclic) bond motifs is 1. The average Bonchev–Trinajstić information content (AvgIpc) is 3.13. The third-order valence-electron chi connectivity index (χ3n) is 4.29. The number of nitrogens with zero attached hydrogens (tertiary/aromatic N) is 1. The molecular weight excluding hydrogens is 374 g/mol. The fraction of sp³-hybridized carbons (Fsp3) is 0.333. The van der Waals surface area contributed by atoms with Crippen LogP contribution in [-0.4, -0.2) is 39.1 Å². The maximum Gasteiger partial charge on any atom is 0.349 e. The van der Waals surface area contributed by atoms with Gasteiger partial charge in [0.25, 0.3) is 0 Å². The molecule has 1 aliphatic heterocycles. The third-order valence-corrected chi connectivity index (χ3v) is 6.56. The molecule has 26 heavy (non-hydrogen) atoms. The SMILES string of the molecule is Cc1ccsc1C(=O)OCC(=O)c1ccc2c(c1)C[C@@H](C)N2S(C)(=O)=O. The maximum absolute atomic E-state index is 12.4. The molecule has 0 saturated heterocycles. The van der Waals surface area contributed by atoms with Crippen molar-refractivity contribution in [2.45, 2.75) is 26.3 Å². The lowest BCUT2D eigenvalue weighted by atomic mass is 10.0. The second kappa shape index (κ2) is 6.85. The number of carbonyl (C=O) groups excluding carboxylic acids is 2. The van der Waals surface area contributed by atoms with Crippen LogP contribution in [0.2, 0.25) is 0 Å². The zero-order valence-electron chi connectivity index (χ0n) is 14.7. The highest BCUT2D eigenvalue weighted by atomic mass is 32.2. The number of aryl methyl sites for hydroxylation is 1. The van der Waals surface area contributed by atoms with Gasteiger partial charge in [0.15, 0.2) is 12.4 Å². The molecule has 0 N–H and O–H groups in total. The molecule has 138 valence electrons. The second-order valence-corrected chi connectivity index (χ2v) is 9.16. The number of ether oxygens (including phenoxy) is 1. The largest absolute Gasteiger partial charge is 0.453 e. The van der Waals surface area contributed by atoms with Gasteiger partial charge in [-0.3, -0.25) is 9.10 Å². The van der Waals surface area contributed by atoms with E-state index in [2.05, 4.69) is 0 Å². The molecule has 0 unspecified atom stereocenters. The summed E-state index contributed by atoms with van der Waals surface area (Å²) in [5.41, 5.74) is 2.62. The van der Waals surface area contributed by atoms with Gasteiger partial charge in [0.1, 0.15) is 4.88 Å². The summed E-state index contributed by atoms with van der Waals surface area (Å²) < 4.78 is 30.4. The van der Waals surface area contributed by atoms with E-state index >= 15 is 0 Å². The molecule has 0 amide bonds. The number of Topliss-reactive ketones (excluding diaryl/α,β-unsaturated/α-hetero) is 1. The van der Waals surface area contributed by atoms with Gasteiger partial charge in [0.2, 0.25) is 10.0 Å². The van der Waals surface area contributed by atoms with Crippen molar-refractivity contribution >= 4 is 38.8 Å². The van der Waals surface area contributed by atoms with E-state index in [1.165, 1.54) is 21.9 Å². The highest BCUT2D eigenvalue weighted by Crippen LogP contribution is 2.34. The molecule has 2 heterocycles. The Hall–Kier alpha value is -2.19. The van der Waals surface area contributed by atoms with E-state index in [-0.39, 0.29) is 18.4 Å². The van der Waals surface area contributed by atoms with Crippen molar-refractivity contribution in [3.8, 4) is 0 Å². The Morgan fingerprint density at radius 3 is 2.65 bits per heavy atom. The molecule has 0 saturated carbocycles. The Kier molecular flexibility index (Phi) is 4.90. The quantitative estimate of drug-likeness (QED) is 0.576. The number of carbonyl (C=O) groups is 2. The summed E-state index contributed by atoms with van der Waals surface area (Å²) >= 11 is 1.28. The third kappa shape index (κ3) is 3.52. The Morgan fingerprint density at radius 2 is 2.04 bits per heavy atom. The molecule has 8 heteroatoms. The first-order valence-electron chi connectivity index (χ1n) is 8.05. The minimum absolute atomic E-state index is 0.190. The van der Waals surface area contributed by atoms with Gasteiger partial charge in [-0.2, -0.15) is 0 Å². The Bertz CT molecular complexity index is 977. The second-order valence-electron chi connectivity index (χ2n) is 6.39. The van der Waals surface area contributed by atoms with Crippen LogP contribution in [0.3, 0.4) is 0 Å². The van der Waals surface area contributed by atoms with Crippen LogP contribution in [0, 0.1) is 6.92 Å². The normalized spacial score (nSPS) is 16.4. The number of hydrogen-bond donors (Lipinski definition) is 0. The number of benzene rings is 1. The molecule has 0 aliphatic carbocycles. The van der Waals surface area contributed by atoms with Gasteiger partial charge in [-0.15, -0.1) is 11.3 Å². The smallest absolute Gasteiger partial charge is 0.349 e. The molecule has 2 aromatic rings. The van der Waals surface area contributed by atoms with Gasteiger partial charge in [0, 0.05) is 11.6 Å². The van der Waals surface area contributed by atoms with Gasteiger partial charge in [-0.1, -0.05) is 0 Å². The number of esters is 1. The summed E-state index contributed by atoms with van der Waals surface area (Å²) in [4.78, 5) is 24.9. The van der Waals surface area contributed by atoms with E-state index in [1.54, 1.807) is 23.6 Å². The van der Waals surface area contributed by atoms with Crippen LogP contribution < -0.4 is 4.31 Å². The van der Waals surface area contributed by atoms with Crippen molar-refractivity contribution < 1.29 is 22.7 Å². The zero-order valence-corrected chi connectivity index (χ0v) is 16.3. The summed E-state index contributed by atoms with van der Waals surface area (Å²) in [6.45, 7) is 3.29. The Morgan fingerprint density at radius 1 is 1.31 bits per heavy atom. The predicted molar refractivity (Wildman–Crippen MR) is 101 cm³/mol. The molecule has 0 fully saturated rings. The highest BCUT2D eigenvalue weighted by Gasteiger charge is 2.32. The molecule has 1 aliphatic rings. The summed E-state index contributed by atoms with van der Waals surface area (Å²) in [6, 6.07) is 6.52. The van der Waals surface area contributed by atoms with E-state index in [0.717, 1.165) is 11.1 Å². The van der Waals surface area contributed by atoms with E-state index in [9.17, 15) is 18.0 Å². The van der Waals surface area contributed by atoms with E-state index in [0.29, 0.717) is 22.5 Å². The van der Waals surface area contributed by atoms with Gasteiger partial charge in [-0.05, 0) is 61.0 Å². The number of hydrogen-bond acceptors (Lipinski definition) is 6. The molecule has 0 spiro atoms. The van der Waals surface area contributed by atoms with Crippen molar-refractivity contribution in [1.82, 2.24) is 0 Å². The van der Waals surface area contributed by atoms with Crippen molar-refractivity contribution in [3.63, 3.8) is 0 Å². The molecule has 0 radical (unpaired) electrons. The lowest BCUT2D eigenvalue weighted by molar-refractivity contribution is 0.0479. The number of anilines is 1. The number of thiophene rings is 1. The fourth-order valence-corrected chi connectivity index (χ4v) is 5.22. The average molecular weight is 393 g/mol. The van der Waals surface area contributed by atoms with Gasteiger partial charge >= 0.3 is 5.97 Å². The Labute approximate surface area is 156 Å². The summed E-state index contributed by atoms with van der Waals surface area (Å²) in [6.07, 6.45) is 1.71. The number of sulfonamides is 1. The van der Waals surface area contributed by atoms with E-state index < -0.39 is 16.0 Å². The maximum atomic E-state index is 12.4. The standard InChI is InChI=1S/C18H19NO5S2/c1-11-6-7-25-17(11)18(21)24-10-16(20)13-4-5-15-14(9-13)8-12(2)19(15)26(3,22)23/h4-7,9,12H,8,10H2,1-3H3/t12-/m1/s1. The topological polar surface area (TPSA) is 80.8 Å². The monoisotopic (exact) mass is 393 g/mol. The van der Waals surface area contributed by atoms with Gasteiger partial charge in [0.05, 0.1) is 11.9 Å². The van der Waals surface area contributed by atoms with Crippen molar-refractivity contribution in [3.05, 3.63) is 51.2 Å². The van der Waals surface area contributed by atoms with E-state index in [1.807, 2.05) is 19.9 Å².